The molecule has 8 nitrogen and oxygen atoms in total. The van der Waals surface area contributed by atoms with Crippen molar-refractivity contribution in [2.24, 2.45) is 11.3 Å². The fourth-order valence-corrected chi connectivity index (χ4v) is 6.54. The summed E-state index contributed by atoms with van der Waals surface area (Å²) < 4.78 is 52.6. The molecule has 0 radical (unpaired) electrons. The minimum atomic E-state index is -4.54. The number of morpholine rings is 1. The molecule has 1 aromatic carbocycles. The van der Waals surface area contributed by atoms with Crippen molar-refractivity contribution in [3.05, 3.63) is 41.2 Å². The van der Waals surface area contributed by atoms with E-state index >= 15 is 0 Å². The summed E-state index contributed by atoms with van der Waals surface area (Å²) in [5, 5.41) is 6.16. The quantitative estimate of drug-likeness (QED) is 0.441. The van der Waals surface area contributed by atoms with E-state index < -0.39 is 11.7 Å². The maximum atomic E-state index is 13.9. The molecule has 2 saturated carbocycles. The van der Waals surface area contributed by atoms with Crippen molar-refractivity contribution in [2.75, 3.05) is 38.7 Å². The molecule has 1 aliphatic heterocycles. The van der Waals surface area contributed by atoms with Crippen molar-refractivity contribution >= 4 is 17.5 Å². The van der Waals surface area contributed by atoms with E-state index in [9.17, 15) is 18.0 Å². The third-order valence-electron chi connectivity index (χ3n) is 8.66. The lowest BCUT2D eigenvalue weighted by molar-refractivity contribution is -0.138. The highest BCUT2D eigenvalue weighted by atomic mass is 19.4. The third kappa shape index (κ3) is 6.52. The van der Waals surface area contributed by atoms with Crippen LogP contribution in [0.15, 0.2) is 24.4 Å². The van der Waals surface area contributed by atoms with Crippen LogP contribution in [0.4, 0.5) is 24.8 Å². The molecule has 2 N–H and O–H groups in total. The van der Waals surface area contributed by atoms with Gasteiger partial charge in [0.25, 0.3) is 0 Å². The predicted molar refractivity (Wildman–Crippen MR) is 144 cm³/mol. The number of benzene rings is 1. The second-order valence-corrected chi connectivity index (χ2v) is 11.3. The summed E-state index contributed by atoms with van der Waals surface area (Å²) in [5.41, 5.74) is 0.842. The topological polar surface area (TPSA) is 88.6 Å². The van der Waals surface area contributed by atoms with Crippen molar-refractivity contribution in [3.8, 4) is 5.75 Å². The van der Waals surface area contributed by atoms with Crippen LogP contribution >= 0.6 is 0 Å². The number of ether oxygens (including phenoxy) is 2. The number of hydrogen-bond acceptors (Lipinski definition) is 7. The Balaban J connectivity index is 1.29. The van der Waals surface area contributed by atoms with Gasteiger partial charge in [0.05, 0.1) is 37.3 Å². The van der Waals surface area contributed by atoms with Gasteiger partial charge in [0.15, 0.2) is 0 Å². The second-order valence-electron chi connectivity index (χ2n) is 11.3. The lowest BCUT2D eigenvalue weighted by Gasteiger charge is -2.33. The van der Waals surface area contributed by atoms with E-state index in [2.05, 4.69) is 25.5 Å². The highest BCUT2D eigenvalue weighted by Crippen LogP contribution is 2.63. The number of aromatic nitrogens is 2. The van der Waals surface area contributed by atoms with E-state index in [-0.39, 0.29) is 41.3 Å². The molecule has 3 fully saturated rings. The number of hydrogen-bond donors (Lipinski definition) is 2. The average molecular weight is 562 g/mol. The van der Waals surface area contributed by atoms with E-state index in [0.717, 1.165) is 63.5 Å². The first-order valence-corrected chi connectivity index (χ1v) is 14.1. The summed E-state index contributed by atoms with van der Waals surface area (Å²) in [4.78, 5) is 22.4. The van der Waals surface area contributed by atoms with E-state index in [1.807, 2.05) is 18.2 Å². The predicted octanol–water partition coefficient (Wildman–Crippen LogP) is 5.10. The summed E-state index contributed by atoms with van der Waals surface area (Å²) in [6, 6.07) is 5.83. The van der Waals surface area contributed by atoms with Crippen LogP contribution in [0.1, 0.15) is 62.3 Å². The summed E-state index contributed by atoms with van der Waals surface area (Å²) in [5.74, 6) is 0.891. The van der Waals surface area contributed by atoms with Crippen LogP contribution in [0.3, 0.4) is 0 Å². The van der Waals surface area contributed by atoms with Crippen LogP contribution < -0.4 is 15.4 Å². The van der Waals surface area contributed by atoms with E-state index in [1.165, 1.54) is 6.92 Å². The maximum absolute atomic E-state index is 13.9. The monoisotopic (exact) mass is 561 g/mol. The standard InChI is InChI=1S/C29H38F3N5O3/c1-19(38)34-26-5-3-4-10-28(26)16-21(28)7-9-23-22(29(30,31)32)17-33-27(35-23)36-24-8-6-20(15-25(24)39-2)18-37-11-13-40-14-12-37/h6,8,15,17,21,26H,3-5,7,9-14,16,18H2,1-2H3,(H,34,38)(H,33,35,36)/t21-,26-,28+/m1/s1. The molecule has 3 atom stereocenters. The summed E-state index contributed by atoms with van der Waals surface area (Å²) >= 11 is 0. The van der Waals surface area contributed by atoms with Crippen molar-refractivity contribution in [2.45, 2.75) is 70.6 Å². The molecule has 11 heteroatoms. The Morgan fingerprint density at radius 1 is 1.25 bits per heavy atom. The molecule has 1 amide bonds. The Kier molecular flexibility index (Phi) is 8.51. The fourth-order valence-electron chi connectivity index (χ4n) is 6.54. The summed E-state index contributed by atoms with van der Waals surface area (Å²) in [6.45, 7) is 5.43. The Hall–Kier alpha value is -2.92. The van der Waals surface area contributed by atoms with Gasteiger partial charge < -0.3 is 20.1 Å². The van der Waals surface area contributed by atoms with Gasteiger partial charge in [0, 0.05) is 38.8 Å². The van der Waals surface area contributed by atoms with Crippen molar-refractivity contribution < 1.29 is 27.4 Å². The number of nitrogens with zero attached hydrogens (tertiary/aromatic N) is 3. The van der Waals surface area contributed by atoms with Gasteiger partial charge >= 0.3 is 6.18 Å². The first-order valence-electron chi connectivity index (χ1n) is 14.1. The number of amides is 1. The molecule has 40 heavy (non-hydrogen) atoms. The zero-order valence-electron chi connectivity index (χ0n) is 23.1. The maximum Gasteiger partial charge on any atom is 0.419 e. The minimum Gasteiger partial charge on any atom is -0.495 e. The number of carbonyl (C=O) groups excluding carboxylic acids is 1. The smallest absolute Gasteiger partial charge is 0.419 e. The van der Waals surface area contributed by atoms with Gasteiger partial charge in [-0.3, -0.25) is 9.69 Å². The van der Waals surface area contributed by atoms with Gasteiger partial charge in [-0.25, -0.2) is 9.97 Å². The number of anilines is 2. The largest absolute Gasteiger partial charge is 0.495 e. The first kappa shape index (κ1) is 28.6. The Bertz CT molecular complexity index is 1200. The highest BCUT2D eigenvalue weighted by Gasteiger charge is 2.58. The SMILES string of the molecule is COc1cc(CN2CCOCC2)ccc1Nc1ncc(C(F)(F)F)c(CC[C@@H]2C[C@@]23CCCC[C@H]3NC(C)=O)n1. The molecule has 3 aliphatic rings. The van der Waals surface area contributed by atoms with Gasteiger partial charge in [-0.1, -0.05) is 18.9 Å². The van der Waals surface area contributed by atoms with Crippen LogP contribution in [-0.4, -0.2) is 60.2 Å². The van der Waals surface area contributed by atoms with Crippen LogP contribution in [0.25, 0.3) is 0 Å². The lowest BCUT2D eigenvalue weighted by Crippen LogP contribution is -2.43. The van der Waals surface area contributed by atoms with Gasteiger partial charge in [-0.05, 0) is 61.1 Å². The molecule has 1 aromatic heterocycles. The molecular formula is C29H38F3N5O3. The zero-order chi connectivity index (χ0) is 28.3. The molecule has 2 heterocycles. The second kappa shape index (κ2) is 11.9. The number of rotatable bonds is 9. The Morgan fingerprint density at radius 2 is 2.05 bits per heavy atom. The van der Waals surface area contributed by atoms with Gasteiger partial charge in [0.2, 0.25) is 11.9 Å². The van der Waals surface area contributed by atoms with Gasteiger partial charge in [-0.2, -0.15) is 13.2 Å². The fraction of sp³-hybridized carbons (Fsp3) is 0.621. The van der Waals surface area contributed by atoms with Crippen molar-refractivity contribution in [3.63, 3.8) is 0 Å². The van der Waals surface area contributed by atoms with Crippen molar-refractivity contribution in [1.82, 2.24) is 20.2 Å². The summed E-state index contributed by atoms with van der Waals surface area (Å²) in [7, 11) is 1.56. The Labute approximate surface area is 233 Å². The van der Waals surface area contributed by atoms with Crippen LogP contribution in [0.2, 0.25) is 0 Å². The number of nitrogens with one attached hydrogen (secondary N) is 2. The normalized spacial score (nSPS) is 25.0. The van der Waals surface area contributed by atoms with Crippen LogP contribution in [-0.2, 0) is 28.7 Å². The zero-order valence-corrected chi connectivity index (χ0v) is 23.1. The Morgan fingerprint density at radius 3 is 2.77 bits per heavy atom. The van der Waals surface area contributed by atoms with Gasteiger partial charge in [-0.15, -0.1) is 0 Å². The molecule has 1 saturated heterocycles. The molecule has 0 unspecified atom stereocenters. The van der Waals surface area contributed by atoms with Crippen LogP contribution in [0, 0.1) is 11.3 Å². The number of methoxy groups -OCH3 is 1. The lowest BCUT2D eigenvalue weighted by atomic mass is 9.79. The molecule has 2 aliphatic carbocycles. The molecule has 5 rings (SSSR count). The number of aryl methyl sites for hydroxylation is 1. The number of halogens is 3. The third-order valence-corrected chi connectivity index (χ3v) is 8.66. The first-order chi connectivity index (χ1) is 19.2. The molecule has 2 aromatic rings. The van der Waals surface area contributed by atoms with Gasteiger partial charge in [0.1, 0.15) is 5.75 Å². The van der Waals surface area contributed by atoms with Crippen LogP contribution in [0.5, 0.6) is 5.75 Å². The minimum absolute atomic E-state index is 0.00671. The molecule has 218 valence electrons. The number of carbonyl (C=O) groups is 1. The van der Waals surface area contributed by atoms with E-state index in [4.69, 9.17) is 9.47 Å². The number of alkyl halides is 3. The molecule has 1 spiro atoms. The highest BCUT2D eigenvalue weighted by molar-refractivity contribution is 5.73. The van der Waals surface area contributed by atoms with Crippen molar-refractivity contribution in [1.29, 1.82) is 0 Å². The molecule has 0 bridgehead atoms. The van der Waals surface area contributed by atoms with E-state index in [0.29, 0.717) is 31.1 Å². The summed E-state index contributed by atoms with van der Waals surface area (Å²) in [6.07, 6.45) is 2.14. The molecular weight excluding hydrogens is 523 g/mol. The average Bonchev–Trinajstić information content (AvgIpc) is 3.62. The van der Waals surface area contributed by atoms with E-state index in [1.54, 1.807) is 7.11 Å².